The summed E-state index contributed by atoms with van der Waals surface area (Å²) in [5.41, 5.74) is 0.964. The standard InChI is InChI=1S/C14H13N3O3/c1-19-12-4-3-10(7-11(12)8-15)9-17-14(18)6-5-13(16-17)20-2/h3-7H,9H2,1-2H3. The normalized spacial score (nSPS) is 9.85. The van der Waals surface area contributed by atoms with Crippen molar-refractivity contribution in [1.82, 2.24) is 9.78 Å². The van der Waals surface area contributed by atoms with Crippen LogP contribution in [0.5, 0.6) is 11.6 Å². The van der Waals surface area contributed by atoms with Crippen molar-refractivity contribution in [2.45, 2.75) is 6.54 Å². The van der Waals surface area contributed by atoms with Gasteiger partial charge in [0.05, 0.1) is 26.3 Å². The molecule has 0 unspecified atom stereocenters. The van der Waals surface area contributed by atoms with Crippen LogP contribution in [0.2, 0.25) is 0 Å². The van der Waals surface area contributed by atoms with E-state index in [4.69, 9.17) is 14.7 Å². The van der Waals surface area contributed by atoms with Gasteiger partial charge in [-0.3, -0.25) is 4.79 Å². The minimum Gasteiger partial charge on any atom is -0.495 e. The van der Waals surface area contributed by atoms with Crippen molar-refractivity contribution in [1.29, 1.82) is 5.26 Å². The molecule has 0 fully saturated rings. The van der Waals surface area contributed by atoms with Gasteiger partial charge in [0.1, 0.15) is 11.8 Å². The van der Waals surface area contributed by atoms with Gasteiger partial charge in [-0.1, -0.05) is 6.07 Å². The molecule has 102 valence electrons. The lowest BCUT2D eigenvalue weighted by Gasteiger charge is -2.08. The molecule has 0 amide bonds. The first-order chi connectivity index (χ1) is 9.67. The first-order valence-corrected chi connectivity index (χ1v) is 5.87. The summed E-state index contributed by atoms with van der Waals surface area (Å²) in [5, 5.41) is 13.1. The van der Waals surface area contributed by atoms with Crippen LogP contribution >= 0.6 is 0 Å². The summed E-state index contributed by atoms with van der Waals surface area (Å²) < 4.78 is 11.3. The van der Waals surface area contributed by atoms with E-state index in [0.29, 0.717) is 17.2 Å². The number of benzene rings is 1. The van der Waals surface area contributed by atoms with Crippen molar-refractivity contribution >= 4 is 0 Å². The number of rotatable bonds is 4. The monoisotopic (exact) mass is 271 g/mol. The molecule has 0 bridgehead atoms. The van der Waals surface area contributed by atoms with Crippen molar-refractivity contribution in [3.8, 4) is 17.7 Å². The Morgan fingerprint density at radius 2 is 2.05 bits per heavy atom. The number of hydrogen-bond donors (Lipinski definition) is 0. The summed E-state index contributed by atoms with van der Waals surface area (Å²) in [4.78, 5) is 11.7. The van der Waals surface area contributed by atoms with Crippen molar-refractivity contribution in [3.05, 3.63) is 51.8 Å². The van der Waals surface area contributed by atoms with Gasteiger partial charge in [0.25, 0.3) is 5.56 Å². The average molecular weight is 271 g/mol. The third-order valence-electron chi connectivity index (χ3n) is 2.77. The molecule has 0 saturated heterocycles. The molecule has 1 aromatic carbocycles. The van der Waals surface area contributed by atoms with Crippen LogP contribution in [-0.2, 0) is 6.54 Å². The second kappa shape index (κ2) is 5.89. The van der Waals surface area contributed by atoms with E-state index < -0.39 is 0 Å². The Balaban J connectivity index is 2.35. The van der Waals surface area contributed by atoms with Crippen molar-refractivity contribution in [2.24, 2.45) is 0 Å². The van der Waals surface area contributed by atoms with Gasteiger partial charge in [0.2, 0.25) is 5.88 Å². The highest BCUT2D eigenvalue weighted by Crippen LogP contribution is 2.19. The van der Waals surface area contributed by atoms with Gasteiger partial charge in [-0.15, -0.1) is 5.10 Å². The maximum atomic E-state index is 11.7. The average Bonchev–Trinajstić information content (AvgIpc) is 2.49. The molecule has 6 nitrogen and oxygen atoms in total. The van der Waals surface area contributed by atoms with Crippen LogP contribution in [0.4, 0.5) is 0 Å². The van der Waals surface area contributed by atoms with E-state index in [1.54, 1.807) is 18.2 Å². The van der Waals surface area contributed by atoms with E-state index in [0.717, 1.165) is 5.56 Å². The van der Waals surface area contributed by atoms with Gasteiger partial charge in [-0.2, -0.15) is 5.26 Å². The van der Waals surface area contributed by atoms with E-state index in [2.05, 4.69) is 11.2 Å². The second-order valence-electron chi connectivity index (χ2n) is 4.02. The summed E-state index contributed by atoms with van der Waals surface area (Å²) in [6.45, 7) is 0.259. The van der Waals surface area contributed by atoms with E-state index in [-0.39, 0.29) is 12.1 Å². The van der Waals surface area contributed by atoms with Crippen LogP contribution in [0, 0.1) is 11.3 Å². The largest absolute Gasteiger partial charge is 0.495 e. The molecule has 6 heteroatoms. The Kier molecular flexibility index (Phi) is 4.01. The fourth-order valence-corrected chi connectivity index (χ4v) is 1.77. The summed E-state index contributed by atoms with van der Waals surface area (Å²) in [6, 6.07) is 10.1. The van der Waals surface area contributed by atoms with Gasteiger partial charge in [0.15, 0.2) is 0 Å². The van der Waals surface area contributed by atoms with E-state index in [1.807, 2.05) is 0 Å². The molecule has 0 atom stereocenters. The molecule has 0 aliphatic heterocycles. The van der Waals surface area contributed by atoms with Crippen molar-refractivity contribution in [3.63, 3.8) is 0 Å². The van der Waals surface area contributed by atoms with Crippen LogP contribution < -0.4 is 15.0 Å². The lowest BCUT2D eigenvalue weighted by Crippen LogP contribution is -2.22. The lowest BCUT2D eigenvalue weighted by molar-refractivity contribution is 0.378. The minimum absolute atomic E-state index is 0.236. The van der Waals surface area contributed by atoms with E-state index in [1.165, 1.54) is 31.0 Å². The lowest BCUT2D eigenvalue weighted by atomic mass is 10.1. The summed E-state index contributed by atoms with van der Waals surface area (Å²) in [5.74, 6) is 0.862. The molecule has 2 aromatic rings. The number of nitrogens with zero attached hydrogens (tertiary/aromatic N) is 3. The van der Waals surface area contributed by atoms with Gasteiger partial charge < -0.3 is 9.47 Å². The summed E-state index contributed by atoms with van der Waals surface area (Å²) >= 11 is 0. The van der Waals surface area contributed by atoms with Gasteiger partial charge >= 0.3 is 0 Å². The quantitative estimate of drug-likeness (QED) is 0.834. The minimum atomic E-state index is -0.236. The van der Waals surface area contributed by atoms with Crippen LogP contribution in [0.25, 0.3) is 0 Å². The highest BCUT2D eigenvalue weighted by molar-refractivity contribution is 5.45. The zero-order valence-corrected chi connectivity index (χ0v) is 11.2. The highest BCUT2D eigenvalue weighted by atomic mass is 16.5. The van der Waals surface area contributed by atoms with Gasteiger partial charge in [0, 0.05) is 12.1 Å². The van der Waals surface area contributed by atoms with Crippen LogP contribution in [0.3, 0.4) is 0 Å². The predicted molar refractivity (Wildman–Crippen MR) is 71.9 cm³/mol. The molecule has 0 saturated carbocycles. The molecule has 0 N–H and O–H groups in total. The maximum Gasteiger partial charge on any atom is 0.267 e. The number of nitriles is 1. The molecular weight excluding hydrogens is 258 g/mol. The molecular formula is C14H13N3O3. The summed E-state index contributed by atoms with van der Waals surface area (Å²) in [7, 11) is 2.99. The fraction of sp³-hybridized carbons (Fsp3) is 0.214. The van der Waals surface area contributed by atoms with Crippen molar-refractivity contribution in [2.75, 3.05) is 14.2 Å². The highest BCUT2D eigenvalue weighted by Gasteiger charge is 2.06. The Hall–Kier alpha value is -2.81. The Labute approximate surface area is 115 Å². The van der Waals surface area contributed by atoms with E-state index >= 15 is 0 Å². The number of ether oxygens (including phenoxy) is 2. The molecule has 0 spiro atoms. The summed E-state index contributed by atoms with van der Waals surface area (Å²) in [6.07, 6.45) is 0. The van der Waals surface area contributed by atoms with Gasteiger partial charge in [-0.05, 0) is 17.7 Å². The molecule has 1 aromatic heterocycles. The van der Waals surface area contributed by atoms with Crippen LogP contribution in [0.15, 0.2) is 35.1 Å². The molecule has 0 aliphatic rings. The first kappa shape index (κ1) is 13.6. The third kappa shape index (κ3) is 2.78. The Morgan fingerprint density at radius 1 is 1.25 bits per heavy atom. The smallest absolute Gasteiger partial charge is 0.267 e. The molecule has 2 rings (SSSR count). The number of hydrogen-bond acceptors (Lipinski definition) is 5. The second-order valence-corrected chi connectivity index (χ2v) is 4.02. The predicted octanol–water partition coefficient (Wildman–Crippen LogP) is 1.18. The maximum absolute atomic E-state index is 11.7. The number of methoxy groups -OCH3 is 2. The molecule has 1 heterocycles. The zero-order chi connectivity index (χ0) is 14.5. The van der Waals surface area contributed by atoms with Crippen LogP contribution in [-0.4, -0.2) is 24.0 Å². The zero-order valence-electron chi connectivity index (χ0n) is 11.2. The first-order valence-electron chi connectivity index (χ1n) is 5.87. The Morgan fingerprint density at radius 3 is 2.70 bits per heavy atom. The fourth-order valence-electron chi connectivity index (χ4n) is 1.77. The SMILES string of the molecule is COc1ccc(=O)n(Cc2ccc(OC)c(C#N)c2)n1. The van der Waals surface area contributed by atoms with Crippen molar-refractivity contribution < 1.29 is 9.47 Å². The van der Waals surface area contributed by atoms with Crippen LogP contribution in [0.1, 0.15) is 11.1 Å². The topological polar surface area (TPSA) is 77.1 Å². The molecule has 0 aliphatic carbocycles. The van der Waals surface area contributed by atoms with Gasteiger partial charge in [-0.25, -0.2) is 4.68 Å². The molecule has 0 radical (unpaired) electrons. The third-order valence-corrected chi connectivity index (χ3v) is 2.77. The molecule has 20 heavy (non-hydrogen) atoms. The Bertz CT molecular complexity index is 716. The van der Waals surface area contributed by atoms with E-state index in [9.17, 15) is 4.79 Å². The number of aromatic nitrogens is 2.